The second kappa shape index (κ2) is 6.63. The van der Waals surface area contributed by atoms with Crippen LogP contribution in [-0.4, -0.2) is 22.8 Å². The maximum absolute atomic E-state index is 13.6. The lowest BCUT2D eigenvalue weighted by Crippen LogP contribution is -2.06. The zero-order valence-corrected chi connectivity index (χ0v) is 14.0. The van der Waals surface area contributed by atoms with Gasteiger partial charge >= 0.3 is 0 Å². The van der Waals surface area contributed by atoms with Crippen molar-refractivity contribution in [3.8, 4) is 0 Å². The molecule has 2 aromatic rings. The van der Waals surface area contributed by atoms with Crippen LogP contribution in [-0.2, 0) is 17.2 Å². The molecule has 114 valence electrons. The Kier molecular flexibility index (Phi) is 4.82. The van der Waals surface area contributed by atoms with Crippen LogP contribution in [0.25, 0.3) is 11.0 Å². The average Bonchev–Trinajstić information content (AvgIpc) is 3.23. The number of aryl methyl sites for hydroxylation is 1. The van der Waals surface area contributed by atoms with Gasteiger partial charge in [0.05, 0.1) is 21.4 Å². The first-order valence-electron chi connectivity index (χ1n) is 7.17. The number of benzene rings is 1. The molecule has 0 aliphatic heterocycles. The molecule has 0 atom stereocenters. The summed E-state index contributed by atoms with van der Waals surface area (Å²) in [6, 6.07) is 3.20. The van der Waals surface area contributed by atoms with Crippen molar-refractivity contribution in [3.05, 3.63) is 28.2 Å². The third kappa shape index (κ3) is 3.58. The molecule has 1 heterocycles. The van der Waals surface area contributed by atoms with Crippen LogP contribution >= 0.6 is 27.5 Å². The second-order valence-electron chi connectivity index (χ2n) is 5.44. The van der Waals surface area contributed by atoms with Gasteiger partial charge in [0, 0.05) is 25.8 Å². The van der Waals surface area contributed by atoms with E-state index in [0.29, 0.717) is 15.9 Å². The topological polar surface area (TPSA) is 27.1 Å². The van der Waals surface area contributed by atoms with Crippen molar-refractivity contribution in [2.45, 2.75) is 31.7 Å². The monoisotopic (exact) mass is 374 g/mol. The molecule has 3 nitrogen and oxygen atoms in total. The fourth-order valence-corrected chi connectivity index (χ4v) is 2.92. The Morgan fingerprint density at radius 2 is 2.24 bits per heavy atom. The SMILES string of the molecule is Fc1cc2nc(CCl)n(CCCOCC3CC3)c2cc1Br. The first-order valence-corrected chi connectivity index (χ1v) is 8.49. The van der Waals surface area contributed by atoms with Crippen LogP contribution in [0, 0.1) is 11.7 Å². The molecule has 0 unspecified atom stereocenters. The van der Waals surface area contributed by atoms with E-state index in [9.17, 15) is 4.39 Å². The summed E-state index contributed by atoms with van der Waals surface area (Å²) >= 11 is 9.18. The molecule has 0 radical (unpaired) electrons. The number of aromatic nitrogens is 2. The van der Waals surface area contributed by atoms with Gasteiger partial charge in [-0.2, -0.15) is 0 Å². The molecule has 6 heteroatoms. The van der Waals surface area contributed by atoms with Crippen LogP contribution in [0.3, 0.4) is 0 Å². The summed E-state index contributed by atoms with van der Waals surface area (Å²) in [6.07, 6.45) is 3.52. The van der Waals surface area contributed by atoms with E-state index >= 15 is 0 Å². The number of hydrogen-bond acceptors (Lipinski definition) is 2. The molecule has 3 rings (SSSR count). The number of nitrogens with zero attached hydrogens (tertiary/aromatic N) is 2. The van der Waals surface area contributed by atoms with E-state index in [4.69, 9.17) is 16.3 Å². The zero-order chi connectivity index (χ0) is 14.8. The number of rotatable bonds is 7. The van der Waals surface area contributed by atoms with Crippen molar-refractivity contribution in [1.29, 1.82) is 0 Å². The largest absolute Gasteiger partial charge is 0.381 e. The molecule has 1 saturated carbocycles. The van der Waals surface area contributed by atoms with Gasteiger partial charge in [-0.05, 0) is 47.2 Å². The fourth-order valence-electron chi connectivity index (χ4n) is 2.38. The van der Waals surface area contributed by atoms with E-state index in [-0.39, 0.29) is 5.82 Å². The Morgan fingerprint density at radius 1 is 1.43 bits per heavy atom. The normalized spacial score (nSPS) is 15.0. The van der Waals surface area contributed by atoms with Crippen LogP contribution in [0.4, 0.5) is 4.39 Å². The highest BCUT2D eigenvalue weighted by atomic mass is 79.9. The average molecular weight is 376 g/mol. The molecule has 21 heavy (non-hydrogen) atoms. The molecule has 0 spiro atoms. The van der Waals surface area contributed by atoms with Gasteiger partial charge in [-0.15, -0.1) is 11.6 Å². The Balaban J connectivity index is 1.70. The molecule has 0 bridgehead atoms. The minimum Gasteiger partial charge on any atom is -0.381 e. The van der Waals surface area contributed by atoms with Gasteiger partial charge in [-0.1, -0.05) is 0 Å². The van der Waals surface area contributed by atoms with Crippen LogP contribution in [0.5, 0.6) is 0 Å². The number of fused-ring (bicyclic) bond motifs is 1. The second-order valence-corrected chi connectivity index (χ2v) is 6.56. The molecule has 1 aliphatic carbocycles. The Hall–Kier alpha value is -0.650. The highest BCUT2D eigenvalue weighted by Crippen LogP contribution is 2.29. The fraction of sp³-hybridized carbons (Fsp3) is 0.533. The van der Waals surface area contributed by atoms with Crippen molar-refractivity contribution < 1.29 is 9.13 Å². The van der Waals surface area contributed by atoms with Crippen LogP contribution in [0.1, 0.15) is 25.1 Å². The van der Waals surface area contributed by atoms with Gasteiger partial charge in [0.15, 0.2) is 0 Å². The van der Waals surface area contributed by atoms with Gasteiger partial charge in [-0.25, -0.2) is 9.37 Å². The lowest BCUT2D eigenvalue weighted by molar-refractivity contribution is 0.119. The Morgan fingerprint density at radius 3 is 2.95 bits per heavy atom. The predicted octanol–water partition coefficient (Wildman–Crippen LogP) is 4.49. The van der Waals surface area contributed by atoms with Crippen molar-refractivity contribution >= 4 is 38.6 Å². The van der Waals surface area contributed by atoms with Crippen LogP contribution in [0.15, 0.2) is 16.6 Å². The van der Waals surface area contributed by atoms with Crippen molar-refractivity contribution in [3.63, 3.8) is 0 Å². The highest BCUT2D eigenvalue weighted by Gasteiger charge is 2.21. The molecule has 1 aromatic heterocycles. The van der Waals surface area contributed by atoms with E-state index in [1.165, 1.54) is 18.9 Å². The number of ether oxygens (including phenoxy) is 1. The quantitative estimate of drug-likeness (QED) is 0.526. The van der Waals surface area contributed by atoms with Gasteiger partial charge in [0.25, 0.3) is 0 Å². The number of hydrogen-bond donors (Lipinski definition) is 0. The predicted molar refractivity (Wildman–Crippen MR) is 85.1 cm³/mol. The summed E-state index contributed by atoms with van der Waals surface area (Å²) in [4.78, 5) is 4.40. The van der Waals surface area contributed by atoms with Crippen molar-refractivity contribution in [2.24, 2.45) is 5.92 Å². The lowest BCUT2D eigenvalue weighted by Gasteiger charge is -2.08. The summed E-state index contributed by atoms with van der Waals surface area (Å²) in [6.45, 7) is 2.39. The maximum atomic E-state index is 13.6. The van der Waals surface area contributed by atoms with E-state index in [1.54, 1.807) is 6.07 Å². The van der Waals surface area contributed by atoms with E-state index < -0.39 is 0 Å². The highest BCUT2D eigenvalue weighted by molar-refractivity contribution is 9.10. The molecular formula is C15H17BrClFN2O. The minimum absolute atomic E-state index is 0.305. The molecule has 1 aromatic carbocycles. The number of imidazole rings is 1. The minimum atomic E-state index is -0.305. The van der Waals surface area contributed by atoms with Crippen molar-refractivity contribution in [2.75, 3.05) is 13.2 Å². The first kappa shape index (κ1) is 15.3. The first-order chi connectivity index (χ1) is 10.2. The Bertz CT molecular complexity index is 642. The summed E-state index contributed by atoms with van der Waals surface area (Å²) < 4.78 is 21.7. The summed E-state index contributed by atoms with van der Waals surface area (Å²) in [7, 11) is 0. The standard InChI is InChI=1S/C15H17BrClFN2O/c16-11-6-14-13(7-12(11)18)19-15(8-17)20(14)4-1-5-21-9-10-2-3-10/h6-7,10H,1-5,8-9H2. The van der Waals surface area contributed by atoms with Gasteiger partial charge in [-0.3, -0.25) is 0 Å². The van der Waals surface area contributed by atoms with E-state index in [0.717, 1.165) is 43.4 Å². The van der Waals surface area contributed by atoms with Crippen LogP contribution in [0.2, 0.25) is 0 Å². The lowest BCUT2D eigenvalue weighted by atomic mass is 10.3. The third-order valence-electron chi connectivity index (χ3n) is 3.71. The van der Waals surface area contributed by atoms with E-state index in [2.05, 4.69) is 20.9 Å². The smallest absolute Gasteiger partial charge is 0.139 e. The third-order valence-corrected chi connectivity index (χ3v) is 4.56. The Labute approximate surface area is 136 Å². The van der Waals surface area contributed by atoms with Gasteiger partial charge < -0.3 is 9.30 Å². The van der Waals surface area contributed by atoms with E-state index in [1.807, 2.05) is 4.57 Å². The van der Waals surface area contributed by atoms with Gasteiger partial charge in [0.2, 0.25) is 0 Å². The van der Waals surface area contributed by atoms with Gasteiger partial charge in [0.1, 0.15) is 11.6 Å². The summed E-state index contributed by atoms with van der Waals surface area (Å²) in [5.74, 6) is 1.57. The zero-order valence-electron chi connectivity index (χ0n) is 11.6. The molecule has 1 aliphatic rings. The summed E-state index contributed by atoms with van der Waals surface area (Å²) in [5.41, 5.74) is 1.55. The van der Waals surface area contributed by atoms with Crippen molar-refractivity contribution in [1.82, 2.24) is 9.55 Å². The molecule has 0 saturated heterocycles. The van der Waals surface area contributed by atoms with Crippen LogP contribution < -0.4 is 0 Å². The maximum Gasteiger partial charge on any atom is 0.139 e. The molecular weight excluding hydrogens is 359 g/mol. The molecule has 1 fully saturated rings. The number of halogens is 3. The molecule has 0 N–H and O–H groups in total. The molecule has 0 amide bonds. The number of alkyl halides is 1. The summed E-state index contributed by atoms with van der Waals surface area (Å²) in [5, 5.41) is 0.